The molecule has 1 aromatic rings. The topological polar surface area (TPSA) is 68.2 Å². The van der Waals surface area contributed by atoms with Crippen molar-refractivity contribution in [3.05, 3.63) is 11.8 Å². The molecule has 13 heavy (non-hydrogen) atoms. The van der Waals surface area contributed by atoms with Crippen molar-refractivity contribution in [1.29, 1.82) is 0 Å². The number of likely N-dealkylation sites (tertiary alicyclic amines) is 1. The summed E-state index contributed by atoms with van der Waals surface area (Å²) in [7, 11) is 2.10. The molecule has 2 N–H and O–H groups in total. The maximum absolute atomic E-state index is 5.39. The fourth-order valence-electron chi connectivity index (χ4n) is 1.65. The third-order valence-electron chi connectivity index (χ3n) is 2.40. The quantitative estimate of drug-likeness (QED) is 0.694. The molecule has 5 heteroatoms. The number of rotatable bonds is 2. The number of nitrogens with zero attached hydrogens (tertiary/aromatic N) is 3. The van der Waals surface area contributed by atoms with Gasteiger partial charge in [-0.2, -0.15) is 0 Å². The first-order chi connectivity index (χ1) is 6.29. The molecule has 2 rings (SSSR count). The Morgan fingerprint density at radius 1 is 1.62 bits per heavy atom. The molecule has 1 aliphatic heterocycles. The second-order valence-corrected chi connectivity index (χ2v) is 3.49. The largest absolute Gasteiger partial charge is 0.424 e. The first-order valence-electron chi connectivity index (χ1n) is 4.50. The van der Waals surface area contributed by atoms with Crippen LogP contribution in [0.15, 0.2) is 4.42 Å². The SMILES string of the molecule is CN1CC[C@H](c2nnc(CN)o2)C1. The molecule has 5 nitrogen and oxygen atoms in total. The van der Waals surface area contributed by atoms with E-state index in [-0.39, 0.29) is 0 Å². The highest BCUT2D eigenvalue weighted by molar-refractivity contribution is 4.96. The van der Waals surface area contributed by atoms with Crippen LogP contribution < -0.4 is 5.73 Å². The number of likely N-dealkylation sites (N-methyl/N-ethyl adjacent to an activating group) is 1. The summed E-state index contributed by atoms with van der Waals surface area (Å²) >= 11 is 0. The molecular formula is C8H14N4O. The Hall–Kier alpha value is -0.940. The molecule has 0 aliphatic carbocycles. The van der Waals surface area contributed by atoms with E-state index in [0.29, 0.717) is 18.4 Å². The van der Waals surface area contributed by atoms with Crippen LogP contribution in [0.3, 0.4) is 0 Å². The summed E-state index contributed by atoms with van der Waals surface area (Å²) in [6.07, 6.45) is 1.10. The van der Waals surface area contributed by atoms with Crippen molar-refractivity contribution < 1.29 is 4.42 Å². The first-order valence-corrected chi connectivity index (χ1v) is 4.50. The molecule has 0 bridgehead atoms. The lowest BCUT2D eigenvalue weighted by Gasteiger charge is -2.05. The normalized spacial score (nSPS) is 24.0. The van der Waals surface area contributed by atoms with Crippen LogP contribution in [0.25, 0.3) is 0 Å². The number of hydrogen-bond donors (Lipinski definition) is 1. The van der Waals surface area contributed by atoms with Crippen LogP contribution in [0, 0.1) is 0 Å². The number of aromatic nitrogens is 2. The van der Waals surface area contributed by atoms with Gasteiger partial charge in [-0.15, -0.1) is 10.2 Å². The zero-order chi connectivity index (χ0) is 9.26. The van der Waals surface area contributed by atoms with Gasteiger partial charge in [-0.05, 0) is 20.0 Å². The van der Waals surface area contributed by atoms with Gasteiger partial charge in [0.2, 0.25) is 11.8 Å². The van der Waals surface area contributed by atoms with E-state index >= 15 is 0 Å². The lowest BCUT2D eigenvalue weighted by Crippen LogP contribution is -2.13. The summed E-state index contributed by atoms with van der Waals surface area (Å²) in [6, 6.07) is 0. The summed E-state index contributed by atoms with van der Waals surface area (Å²) in [6.45, 7) is 2.44. The molecule has 0 saturated carbocycles. The lowest BCUT2D eigenvalue weighted by molar-refractivity contribution is 0.383. The fourth-order valence-corrected chi connectivity index (χ4v) is 1.65. The van der Waals surface area contributed by atoms with Crippen LogP contribution in [0.2, 0.25) is 0 Å². The van der Waals surface area contributed by atoms with Crippen LogP contribution in [0.1, 0.15) is 24.1 Å². The van der Waals surface area contributed by atoms with Crippen molar-refractivity contribution in [2.75, 3.05) is 20.1 Å². The predicted octanol–water partition coefficient (Wildman–Crippen LogP) is -0.0526. The Morgan fingerprint density at radius 2 is 2.46 bits per heavy atom. The highest BCUT2D eigenvalue weighted by atomic mass is 16.4. The third-order valence-corrected chi connectivity index (χ3v) is 2.40. The minimum absolute atomic E-state index is 0.329. The van der Waals surface area contributed by atoms with Crippen molar-refractivity contribution in [1.82, 2.24) is 15.1 Å². The maximum atomic E-state index is 5.39. The molecule has 0 amide bonds. The summed E-state index contributed by atoms with van der Waals surface area (Å²) in [5.74, 6) is 1.67. The standard InChI is InChI=1S/C8H14N4O/c1-12-3-2-6(5-12)8-11-10-7(4-9)13-8/h6H,2-5,9H2,1H3/t6-/m0/s1. The Balaban J connectivity index is 2.08. The van der Waals surface area contributed by atoms with E-state index in [1.807, 2.05) is 0 Å². The van der Waals surface area contributed by atoms with Crippen LogP contribution in [0.4, 0.5) is 0 Å². The average Bonchev–Trinajstić information content (AvgIpc) is 2.71. The molecule has 0 radical (unpaired) electrons. The van der Waals surface area contributed by atoms with Crippen LogP contribution >= 0.6 is 0 Å². The van der Waals surface area contributed by atoms with Crippen molar-refractivity contribution >= 4 is 0 Å². The van der Waals surface area contributed by atoms with E-state index in [1.165, 1.54) is 0 Å². The van der Waals surface area contributed by atoms with Crippen LogP contribution in [-0.4, -0.2) is 35.2 Å². The molecule has 1 fully saturated rings. The van der Waals surface area contributed by atoms with E-state index < -0.39 is 0 Å². The van der Waals surface area contributed by atoms with E-state index in [9.17, 15) is 0 Å². The monoisotopic (exact) mass is 182 g/mol. The average molecular weight is 182 g/mol. The van der Waals surface area contributed by atoms with Crippen molar-refractivity contribution in [2.24, 2.45) is 5.73 Å². The van der Waals surface area contributed by atoms with Gasteiger partial charge in [0.15, 0.2) is 0 Å². The Kier molecular flexibility index (Phi) is 2.28. The molecule has 72 valence electrons. The van der Waals surface area contributed by atoms with Crippen molar-refractivity contribution in [3.8, 4) is 0 Å². The molecule has 1 atom stereocenters. The van der Waals surface area contributed by atoms with Gasteiger partial charge in [0.25, 0.3) is 0 Å². The Morgan fingerprint density at radius 3 is 3.00 bits per heavy atom. The van der Waals surface area contributed by atoms with Gasteiger partial charge in [0.1, 0.15) is 0 Å². The number of nitrogens with two attached hydrogens (primary N) is 1. The zero-order valence-electron chi connectivity index (χ0n) is 7.73. The first kappa shape index (κ1) is 8.65. The van der Waals surface area contributed by atoms with Gasteiger partial charge in [0.05, 0.1) is 12.5 Å². The van der Waals surface area contributed by atoms with Gasteiger partial charge in [-0.3, -0.25) is 0 Å². The molecule has 2 heterocycles. The lowest BCUT2D eigenvalue weighted by atomic mass is 10.1. The van der Waals surface area contributed by atoms with Gasteiger partial charge in [0, 0.05) is 6.54 Å². The van der Waals surface area contributed by atoms with Gasteiger partial charge < -0.3 is 15.1 Å². The second-order valence-electron chi connectivity index (χ2n) is 3.49. The summed E-state index contributed by atoms with van der Waals surface area (Å²) in [5.41, 5.74) is 5.38. The molecule has 1 aliphatic rings. The van der Waals surface area contributed by atoms with Crippen molar-refractivity contribution in [3.63, 3.8) is 0 Å². The third kappa shape index (κ3) is 1.71. The smallest absolute Gasteiger partial charge is 0.230 e. The summed E-state index contributed by atoms with van der Waals surface area (Å²) in [4.78, 5) is 2.26. The molecule has 1 aromatic heterocycles. The Labute approximate surface area is 76.9 Å². The number of hydrogen-bond acceptors (Lipinski definition) is 5. The van der Waals surface area contributed by atoms with E-state index in [4.69, 9.17) is 10.2 Å². The molecule has 1 saturated heterocycles. The van der Waals surface area contributed by atoms with Crippen LogP contribution in [0.5, 0.6) is 0 Å². The van der Waals surface area contributed by atoms with E-state index in [0.717, 1.165) is 25.4 Å². The highest BCUT2D eigenvalue weighted by Crippen LogP contribution is 2.24. The summed E-state index contributed by atoms with van der Waals surface area (Å²) in [5, 5.41) is 7.82. The van der Waals surface area contributed by atoms with Crippen molar-refractivity contribution in [2.45, 2.75) is 18.9 Å². The highest BCUT2D eigenvalue weighted by Gasteiger charge is 2.25. The van der Waals surface area contributed by atoms with E-state index in [1.54, 1.807) is 0 Å². The molecule has 0 spiro atoms. The van der Waals surface area contributed by atoms with Gasteiger partial charge in [-0.1, -0.05) is 0 Å². The van der Waals surface area contributed by atoms with Crippen LogP contribution in [-0.2, 0) is 6.54 Å². The second kappa shape index (κ2) is 3.43. The predicted molar refractivity (Wildman–Crippen MR) is 47.0 cm³/mol. The fraction of sp³-hybridized carbons (Fsp3) is 0.750. The Bertz CT molecular complexity index is 285. The van der Waals surface area contributed by atoms with E-state index in [2.05, 4.69) is 22.1 Å². The van der Waals surface area contributed by atoms with Gasteiger partial charge >= 0.3 is 0 Å². The minimum atomic E-state index is 0.329. The van der Waals surface area contributed by atoms with Gasteiger partial charge in [-0.25, -0.2) is 0 Å². The minimum Gasteiger partial charge on any atom is -0.424 e. The molecule has 0 unspecified atom stereocenters. The maximum Gasteiger partial charge on any atom is 0.230 e. The molecule has 0 aromatic carbocycles. The summed E-state index contributed by atoms with van der Waals surface area (Å²) < 4.78 is 5.39. The molecular weight excluding hydrogens is 168 g/mol. The zero-order valence-corrected chi connectivity index (χ0v) is 7.73.